The smallest absolute Gasteiger partial charge is 0.378 e. The highest BCUT2D eigenvalue weighted by molar-refractivity contribution is 5.44. The first-order chi connectivity index (χ1) is 12.0. The highest BCUT2D eigenvalue weighted by atomic mass is 19.4. The van der Waals surface area contributed by atoms with Crippen LogP contribution in [0.3, 0.4) is 0 Å². The Morgan fingerprint density at radius 3 is 2.60 bits per heavy atom. The van der Waals surface area contributed by atoms with Crippen LogP contribution in [0.25, 0.3) is 5.69 Å². The number of nitrogens with zero attached hydrogens (tertiary/aromatic N) is 4. The molecule has 0 fully saturated rings. The highest BCUT2D eigenvalue weighted by Gasteiger charge is 2.30. The zero-order valence-corrected chi connectivity index (χ0v) is 12.8. The van der Waals surface area contributed by atoms with Gasteiger partial charge in [-0.3, -0.25) is 0 Å². The van der Waals surface area contributed by atoms with Crippen molar-refractivity contribution in [1.82, 2.24) is 14.8 Å². The largest absolute Gasteiger partial charge is 0.416 e. The predicted molar refractivity (Wildman–Crippen MR) is 84.8 cm³/mol. The number of alkyl halides is 3. The van der Waals surface area contributed by atoms with Crippen molar-refractivity contribution in [2.75, 3.05) is 5.32 Å². The van der Waals surface area contributed by atoms with E-state index in [1.807, 2.05) is 6.07 Å². The number of benzene rings is 1. The fraction of sp³-hybridized carbons (Fsp3) is 0.118. The lowest BCUT2D eigenvalue weighted by atomic mass is 10.2. The zero-order valence-electron chi connectivity index (χ0n) is 12.8. The Bertz CT molecular complexity index is 907. The topological polar surface area (TPSA) is 66.5 Å². The summed E-state index contributed by atoms with van der Waals surface area (Å²) in [6, 6.07) is 10.2. The van der Waals surface area contributed by atoms with E-state index in [0.29, 0.717) is 23.6 Å². The molecule has 0 aliphatic rings. The monoisotopic (exact) mass is 343 g/mol. The molecule has 3 aromatic rings. The first-order valence-electron chi connectivity index (χ1n) is 7.27. The molecule has 0 radical (unpaired) electrons. The van der Waals surface area contributed by atoms with Gasteiger partial charge in [0.1, 0.15) is 11.8 Å². The van der Waals surface area contributed by atoms with Crippen molar-refractivity contribution in [1.29, 1.82) is 5.26 Å². The fourth-order valence-corrected chi connectivity index (χ4v) is 2.21. The Morgan fingerprint density at radius 2 is 1.92 bits per heavy atom. The molecule has 0 saturated heterocycles. The first kappa shape index (κ1) is 16.5. The second-order valence-electron chi connectivity index (χ2n) is 5.23. The summed E-state index contributed by atoms with van der Waals surface area (Å²) in [6.45, 7) is 0.468. The molecule has 0 atom stereocenters. The summed E-state index contributed by atoms with van der Waals surface area (Å²) in [5.41, 5.74) is 1.74. The quantitative estimate of drug-likeness (QED) is 0.783. The van der Waals surface area contributed by atoms with Crippen LogP contribution in [0.1, 0.15) is 16.8 Å². The fourth-order valence-electron chi connectivity index (χ4n) is 2.21. The summed E-state index contributed by atoms with van der Waals surface area (Å²) in [7, 11) is 0. The number of halogens is 3. The third-order valence-corrected chi connectivity index (χ3v) is 3.48. The molecule has 0 aliphatic heterocycles. The van der Waals surface area contributed by atoms with Crippen molar-refractivity contribution in [3.05, 3.63) is 71.8 Å². The molecule has 0 saturated carbocycles. The van der Waals surface area contributed by atoms with Gasteiger partial charge in [-0.2, -0.15) is 23.5 Å². The van der Waals surface area contributed by atoms with Crippen molar-refractivity contribution < 1.29 is 13.2 Å². The third-order valence-electron chi connectivity index (χ3n) is 3.48. The Balaban J connectivity index is 1.69. The number of pyridine rings is 1. The molecule has 0 spiro atoms. The van der Waals surface area contributed by atoms with Crippen LogP contribution in [0.2, 0.25) is 0 Å². The number of nitriles is 1. The van der Waals surface area contributed by atoms with Gasteiger partial charge in [-0.1, -0.05) is 0 Å². The van der Waals surface area contributed by atoms with Gasteiger partial charge >= 0.3 is 6.18 Å². The van der Waals surface area contributed by atoms with E-state index in [0.717, 1.165) is 17.7 Å². The highest BCUT2D eigenvalue weighted by Crippen LogP contribution is 2.29. The van der Waals surface area contributed by atoms with Gasteiger partial charge in [0.2, 0.25) is 0 Å². The van der Waals surface area contributed by atoms with Gasteiger partial charge < -0.3 is 5.32 Å². The maximum Gasteiger partial charge on any atom is 0.416 e. The standard InChI is InChI=1S/C17H12F3N5/c18-17(19,20)13-1-3-16(4-2-13)25-11-15(10-24-25)23-9-12-5-6-22-14(7-12)8-21/h1-7,10-11,23H,9H2. The van der Waals surface area contributed by atoms with Gasteiger partial charge in [0.25, 0.3) is 0 Å². The maximum atomic E-state index is 12.6. The molecule has 126 valence electrons. The summed E-state index contributed by atoms with van der Waals surface area (Å²) in [6.07, 6.45) is 0.447. The van der Waals surface area contributed by atoms with Crippen molar-refractivity contribution >= 4 is 5.69 Å². The van der Waals surface area contributed by atoms with E-state index in [1.165, 1.54) is 16.8 Å². The van der Waals surface area contributed by atoms with E-state index >= 15 is 0 Å². The van der Waals surface area contributed by atoms with Crippen LogP contribution in [0.15, 0.2) is 55.0 Å². The lowest BCUT2D eigenvalue weighted by Crippen LogP contribution is -2.05. The molecule has 25 heavy (non-hydrogen) atoms. The number of anilines is 1. The van der Waals surface area contributed by atoms with E-state index < -0.39 is 11.7 Å². The molecule has 0 amide bonds. The van der Waals surface area contributed by atoms with Crippen molar-refractivity contribution in [2.45, 2.75) is 12.7 Å². The minimum Gasteiger partial charge on any atom is -0.378 e. The Kier molecular flexibility index (Phi) is 4.39. The third kappa shape index (κ3) is 3.95. The normalized spacial score (nSPS) is 11.1. The van der Waals surface area contributed by atoms with E-state index in [-0.39, 0.29) is 0 Å². The lowest BCUT2D eigenvalue weighted by Gasteiger charge is -2.07. The molecule has 8 heteroatoms. The van der Waals surface area contributed by atoms with Crippen molar-refractivity contribution in [2.24, 2.45) is 0 Å². The van der Waals surface area contributed by atoms with Crippen LogP contribution in [0.5, 0.6) is 0 Å². The van der Waals surface area contributed by atoms with Crippen LogP contribution in [-0.2, 0) is 12.7 Å². The van der Waals surface area contributed by atoms with Gasteiger partial charge in [0.05, 0.1) is 29.3 Å². The summed E-state index contributed by atoms with van der Waals surface area (Å²) >= 11 is 0. The second-order valence-corrected chi connectivity index (χ2v) is 5.23. The van der Waals surface area contributed by atoms with Crippen LogP contribution >= 0.6 is 0 Å². The zero-order chi connectivity index (χ0) is 17.9. The molecule has 0 unspecified atom stereocenters. The first-order valence-corrected chi connectivity index (χ1v) is 7.27. The molecule has 2 aromatic heterocycles. The van der Waals surface area contributed by atoms with Gasteiger partial charge in [0.15, 0.2) is 0 Å². The van der Waals surface area contributed by atoms with Crippen molar-refractivity contribution in [3.63, 3.8) is 0 Å². The molecular weight excluding hydrogens is 331 g/mol. The van der Waals surface area contributed by atoms with Crippen molar-refractivity contribution in [3.8, 4) is 11.8 Å². The molecule has 1 N–H and O–H groups in total. The average molecular weight is 343 g/mol. The molecule has 0 aliphatic carbocycles. The minimum absolute atomic E-state index is 0.333. The van der Waals surface area contributed by atoms with Gasteiger partial charge in [-0.15, -0.1) is 0 Å². The lowest BCUT2D eigenvalue weighted by molar-refractivity contribution is -0.137. The molecule has 5 nitrogen and oxygen atoms in total. The number of rotatable bonds is 4. The van der Waals surface area contributed by atoms with Gasteiger partial charge in [0, 0.05) is 12.7 Å². The number of hydrogen-bond donors (Lipinski definition) is 1. The summed E-state index contributed by atoms with van der Waals surface area (Å²) in [5, 5.41) is 16.1. The summed E-state index contributed by atoms with van der Waals surface area (Å²) < 4.78 is 39.2. The number of hydrogen-bond acceptors (Lipinski definition) is 4. The van der Waals surface area contributed by atoms with E-state index in [2.05, 4.69) is 15.4 Å². The van der Waals surface area contributed by atoms with Crippen LogP contribution < -0.4 is 5.32 Å². The van der Waals surface area contributed by atoms with E-state index in [1.54, 1.807) is 30.7 Å². The molecule has 0 bridgehead atoms. The Morgan fingerprint density at radius 1 is 1.16 bits per heavy atom. The maximum absolute atomic E-state index is 12.6. The van der Waals surface area contributed by atoms with E-state index in [4.69, 9.17) is 5.26 Å². The average Bonchev–Trinajstić information content (AvgIpc) is 3.08. The SMILES string of the molecule is N#Cc1cc(CNc2cnn(-c3ccc(C(F)(F)F)cc3)c2)ccn1. The molecule has 2 heterocycles. The van der Waals surface area contributed by atoms with Gasteiger partial charge in [-0.25, -0.2) is 9.67 Å². The molecule has 3 rings (SSSR count). The molecule has 1 aromatic carbocycles. The van der Waals surface area contributed by atoms with Crippen LogP contribution in [0.4, 0.5) is 18.9 Å². The molecular formula is C17H12F3N5. The predicted octanol–water partition coefficient (Wildman–Crippen LogP) is 3.77. The second kappa shape index (κ2) is 6.65. The number of aromatic nitrogens is 3. The minimum atomic E-state index is -4.36. The van der Waals surface area contributed by atoms with Gasteiger partial charge in [-0.05, 0) is 42.0 Å². The number of nitrogens with one attached hydrogen (secondary N) is 1. The van der Waals surface area contributed by atoms with Crippen LogP contribution in [0, 0.1) is 11.3 Å². The van der Waals surface area contributed by atoms with E-state index in [9.17, 15) is 13.2 Å². The Labute approximate surface area is 141 Å². The summed E-state index contributed by atoms with van der Waals surface area (Å²) in [5.74, 6) is 0. The summed E-state index contributed by atoms with van der Waals surface area (Å²) in [4.78, 5) is 3.90. The Hall–Kier alpha value is -3.34. The van der Waals surface area contributed by atoms with Crippen LogP contribution in [-0.4, -0.2) is 14.8 Å².